The molecule has 0 aliphatic carbocycles. The van der Waals surface area contributed by atoms with Crippen LogP contribution in [-0.4, -0.2) is 49.0 Å². The van der Waals surface area contributed by atoms with E-state index in [-0.39, 0.29) is 0 Å². The first-order chi connectivity index (χ1) is 14.1. The monoisotopic (exact) mass is 391 g/mol. The number of aromatic amines is 1. The summed E-state index contributed by atoms with van der Waals surface area (Å²) in [4.78, 5) is 30.3. The van der Waals surface area contributed by atoms with Gasteiger partial charge in [-0.25, -0.2) is 14.8 Å². The minimum atomic E-state index is -0.888. The molecular formula is C22H25N5O2. The van der Waals surface area contributed by atoms with Crippen molar-refractivity contribution in [3.63, 3.8) is 0 Å². The molecule has 29 heavy (non-hydrogen) atoms. The summed E-state index contributed by atoms with van der Waals surface area (Å²) in [6, 6.07) is 7.17. The minimum absolute atomic E-state index is 0.327. The number of carboxylic acids is 1. The minimum Gasteiger partial charge on any atom is -0.478 e. The quantitative estimate of drug-likeness (QED) is 0.669. The molecular weight excluding hydrogens is 366 g/mol. The first kappa shape index (κ1) is 19.3. The Kier molecular flexibility index (Phi) is 5.67. The summed E-state index contributed by atoms with van der Waals surface area (Å²) in [6.07, 6.45) is 8.46. The van der Waals surface area contributed by atoms with E-state index < -0.39 is 5.97 Å². The fraction of sp³-hybridized carbons (Fsp3) is 0.364. The number of likely N-dealkylation sites (tertiary alicyclic amines) is 1. The van der Waals surface area contributed by atoms with Crippen LogP contribution in [0, 0.1) is 12.8 Å². The Morgan fingerprint density at radius 3 is 2.72 bits per heavy atom. The molecule has 2 aromatic heterocycles. The maximum atomic E-state index is 11.0. The summed E-state index contributed by atoms with van der Waals surface area (Å²) in [7, 11) is 0. The number of nitrogens with one attached hydrogen (secondary N) is 1. The average Bonchev–Trinajstić information content (AvgIpc) is 3.15. The van der Waals surface area contributed by atoms with Crippen molar-refractivity contribution < 1.29 is 9.90 Å². The highest BCUT2D eigenvalue weighted by Crippen LogP contribution is 2.25. The van der Waals surface area contributed by atoms with Crippen LogP contribution in [0.4, 0.5) is 0 Å². The largest absolute Gasteiger partial charge is 0.478 e. The third kappa shape index (κ3) is 4.68. The summed E-state index contributed by atoms with van der Waals surface area (Å²) < 4.78 is 0. The van der Waals surface area contributed by atoms with Gasteiger partial charge >= 0.3 is 5.97 Å². The molecule has 1 atom stereocenters. The number of imidazole rings is 1. The summed E-state index contributed by atoms with van der Waals surface area (Å²) in [5, 5.41) is 9.05. The van der Waals surface area contributed by atoms with Gasteiger partial charge in [-0.3, -0.25) is 9.88 Å². The molecule has 1 saturated heterocycles. The van der Waals surface area contributed by atoms with E-state index in [9.17, 15) is 4.79 Å². The molecule has 1 aliphatic rings. The van der Waals surface area contributed by atoms with Crippen molar-refractivity contribution in [1.82, 2.24) is 24.8 Å². The summed E-state index contributed by atoms with van der Waals surface area (Å²) in [5.41, 5.74) is 4.30. The number of piperidine rings is 1. The van der Waals surface area contributed by atoms with Crippen LogP contribution in [0.3, 0.4) is 0 Å². The maximum absolute atomic E-state index is 11.0. The van der Waals surface area contributed by atoms with E-state index in [0.29, 0.717) is 11.5 Å². The van der Waals surface area contributed by atoms with Crippen LogP contribution in [-0.2, 0) is 13.0 Å². The van der Waals surface area contributed by atoms with Crippen LogP contribution in [0.5, 0.6) is 0 Å². The SMILES string of the molecule is Cc1cnc(-c2nccnc2C[C@@H]2CCCN(Cc3ccc(C(=O)O)cc3)C2)[nH]1. The molecule has 0 bridgehead atoms. The zero-order valence-electron chi connectivity index (χ0n) is 16.5. The Morgan fingerprint density at radius 2 is 2.00 bits per heavy atom. The smallest absolute Gasteiger partial charge is 0.335 e. The van der Waals surface area contributed by atoms with Crippen LogP contribution in [0.25, 0.3) is 11.5 Å². The molecule has 1 aliphatic heterocycles. The predicted molar refractivity (Wildman–Crippen MR) is 109 cm³/mol. The summed E-state index contributed by atoms with van der Waals surface area (Å²) >= 11 is 0. The van der Waals surface area contributed by atoms with Gasteiger partial charge in [0.15, 0.2) is 5.82 Å². The van der Waals surface area contributed by atoms with Gasteiger partial charge < -0.3 is 10.1 Å². The maximum Gasteiger partial charge on any atom is 0.335 e. The van der Waals surface area contributed by atoms with Crippen molar-refractivity contribution in [3.8, 4) is 11.5 Å². The molecule has 3 heterocycles. The number of rotatable bonds is 6. The molecule has 0 amide bonds. The lowest BCUT2D eigenvalue weighted by atomic mass is 9.92. The van der Waals surface area contributed by atoms with Crippen molar-refractivity contribution in [2.24, 2.45) is 5.92 Å². The Labute approximate surface area is 169 Å². The van der Waals surface area contributed by atoms with Gasteiger partial charge in [0.25, 0.3) is 0 Å². The van der Waals surface area contributed by atoms with Gasteiger partial charge in [-0.05, 0) is 56.3 Å². The molecule has 0 radical (unpaired) electrons. The van der Waals surface area contributed by atoms with Crippen molar-refractivity contribution >= 4 is 5.97 Å². The third-order valence-electron chi connectivity index (χ3n) is 5.39. The second kappa shape index (κ2) is 8.53. The van der Waals surface area contributed by atoms with Gasteiger partial charge in [0.05, 0.1) is 11.3 Å². The van der Waals surface area contributed by atoms with Gasteiger partial charge in [0.2, 0.25) is 0 Å². The molecule has 1 fully saturated rings. The second-order valence-corrected chi connectivity index (χ2v) is 7.72. The van der Waals surface area contributed by atoms with Crippen molar-refractivity contribution in [1.29, 1.82) is 0 Å². The molecule has 2 N–H and O–H groups in total. The number of hydrogen-bond donors (Lipinski definition) is 2. The molecule has 7 heteroatoms. The lowest BCUT2D eigenvalue weighted by molar-refractivity contribution is 0.0697. The standard InChI is InChI=1S/C22H25N5O2/c1-15-12-25-21(26-15)20-19(23-8-9-24-20)11-17-3-2-10-27(14-17)13-16-4-6-18(7-5-16)22(28)29/h4-9,12,17H,2-3,10-11,13-14H2,1H3,(H,25,26)(H,28,29)/t17-/m0/s1. The van der Waals surface area contributed by atoms with Gasteiger partial charge in [-0.2, -0.15) is 0 Å². The fourth-order valence-electron chi connectivity index (χ4n) is 3.99. The predicted octanol–water partition coefficient (Wildman–Crippen LogP) is 3.33. The van der Waals surface area contributed by atoms with Gasteiger partial charge in [-0.15, -0.1) is 0 Å². The third-order valence-corrected chi connectivity index (χ3v) is 5.39. The summed E-state index contributed by atoms with van der Waals surface area (Å²) in [6.45, 7) is 4.87. The van der Waals surface area contributed by atoms with E-state index in [1.165, 1.54) is 6.42 Å². The molecule has 7 nitrogen and oxygen atoms in total. The zero-order valence-corrected chi connectivity index (χ0v) is 16.5. The Hall–Kier alpha value is -3.06. The molecule has 4 rings (SSSR count). The molecule has 0 saturated carbocycles. The van der Waals surface area contributed by atoms with Crippen LogP contribution >= 0.6 is 0 Å². The molecule has 3 aromatic rings. The van der Waals surface area contributed by atoms with Crippen LogP contribution in [0.2, 0.25) is 0 Å². The Bertz CT molecular complexity index is 983. The fourth-order valence-corrected chi connectivity index (χ4v) is 3.99. The number of carboxylic acid groups (broad SMARTS) is 1. The molecule has 150 valence electrons. The summed E-state index contributed by atoms with van der Waals surface area (Å²) in [5.74, 6) is 0.395. The van der Waals surface area contributed by atoms with E-state index in [0.717, 1.165) is 60.9 Å². The first-order valence-corrected chi connectivity index (χ1v) is 9.95. The highest BCUT2D eigenvalue weighted by atomic mass is 16.4. The van der Waals surface area contributed by atoms with Crippen LogP contribution in [0.1, 0.15) is 40.2 Å². The van der Waals surface area contributed by atoms with Crippen molar-refractivity contribution in [3.05, 3.63) is 65.4 Å². The number of hydrogen-bond acceptors (Lipinski definition) is 5. The van der Waals surface area contributed by atoms with Crippen LogP contribution in [0.15, 0.2) is 42.9 Å². The topological polar surface area (TPSA) is 95.0 Å². The second-order valence-electron chi connectivity index (χ2n) is 7.72. The van der Waals surface area contributed by atoms with E-state index in [1.54, 1.807) is 24.5 Å². The average molecular weight is 391 g/mol. The Morgan fingerprint density at radius 1 is 1.21 bits per heavy atom. The van der Waals surface area contributed by atoms with E-state index in [2.05, 4.69) is 24.8 Å². The normalized spacial score (nSPS) is 17.3. The van der Waals surface area contributed by atoms with Crippen molar-refractivity contribution in [2.75, 3.05) is 13.1 Å². The van der Waals surface area contributed by atoms with Gasteiger partial charge in [-0.1, -0.05) is 12.1 Å². The Balaban J connectivity index is 1.42. The number of aromatic nitrogens is 4. The number of H-pyrrole nitrogens is 1. The van der Waals surface area contributed by atoms with Gasteiger partial charge in [0.1, 0.15) is 5.69 Å². The highest BCUT2D eigenvalue weighted by Gasteiger charge is 2.23. The van der Waals surface area contributed by atoms with E-state index in [4.69, 9.17) is 5.11 Å². The number of aromatic carboxylic acids is 1. The number of benzene rings is 1. The van der Waals surface area contributed by atoms with E-state index in [1.807, 2.05) is 25.3 Å². The van der Waals surface area contributed by atoms with E-state index >= 15 is 0 Å². The number of nitrogens with zero attached hydrogens (tertiary/aromatic N) is 4. The number of aryl methyl sites for hydroxylation is 1. The van der Waals surface area contributed by atoms with Gasteiger partial charge in [0, 0.05) is 37.4 Å². The highest BCUT2D eigenvalue weighted by molar-refractivity contribution is 5.87. The first-order valence-electron chi connectivity index (χ1n) is 9.95. The van der Waals surface area contributed by atoms with Crippen LogP contribution < -0.4 is 0 Å². The lowest BCUT2D eigenvalue weighted by Crippen LogP contribution is -2.36. The van der Waals surface area contributed by atoms with Crippen molar-refractivity contribution in [2.45, 2.75) is 32.7 Å². The molecule has 0 spiro atoms. The molecule has 0 unspecified atom stereocenters. The lowest BCUT2D eigenvalue weighted by Gasteiger charge is -2.32. The number of carbonyl (C=O) groups is 1. The molecule has 1 aromatic carbocycles. The zero-order chi connectivity index (χ0) is 20.2.